The lowest BCUT2D eigenvalue weighted by atomic mass is 10.0. The fraction of sp³-hybridized carbons (Fsp3) is 0.636. The monoisotopic (exact) mass is 384 g/mol. The minimum atomic E-state index is -0.138. The predicted molar refractivity (Wildman–Crippen MR) is 110 cm³/mol. The maximum Gasteiger partial charge on any atom is 0.242 e. The fourth-order valence-corrected chi connectivity index (χ4v) is 5.03. The van der Waals surface area contributed by atoms with E-state index < -0.39 is 0 Å². The molecular formula is C22H32N4O2. The Hall–Kier alpha value is -2.08. The second-order valence-electron chi connectivity index (χ2n) is 8.30. The Labute approximate surface area is 167 Å². The molecule has 6 heteroatoms. The number of piperidine rings is 1. The van der Waals surface area contributed by atoms with Crippen LogP contribution in [0.25, 0.3) is 0 Å². The number of hydrogen-bond acceptors (Lipinski definition) is 4. The number of para-hydroxylation sites is 1. The van der Waals surface area contributed by atoms with Crippen molar-refractivity contribution < 1.29 is 9.59 Å². The van der Waals surface area contributed by atoms with Gasteiger partial charge < -0.3 is 20.0 Å². The normalized spacial score (nSPS) is 25.2. The highest BCUT2D eigenvalue weighted by molar-refractivity contribution is 5.88. The van der Waals surface area contributed by atoms with Crippen LogP contribution in [0.1, 0.15) is 37.7 Å². The van der Waals surface area contributed by atoms with Crippen LogP contribution in [-0.2, 0) is 16.0 Å². The summed E-state index contributed by atoms with van der Waals surface area (Å²) in [5.41, 5.74) is 2.75. The molecule has 2 amide bonds. The summed E-state index contributed by atoms with van der Waals surface area (Å²) in [7, 11) is 1.82. The van der Waals surface area contributed by atoms with Gasteiger partial charge in [-0.3, -0.25) is 9.59 Å². The minimum Gasteiger partial charge on any atom is -0.369 e. The van der Waals surface area contributed by atoms with Gasteiger partial charge in [-0.25, -0.2) is 0 Å². The van der Waals surface area contributed by atoms with Gasteiger partial charge in [0.25, 0.3) is 0 Å². The van der Waals surface area contributed by atoms with Crippen LogP contribution in [0.2, 0.25) is 0 Å². The number of carbonyl (C=O) groups is 2. The summed E-state index contributed by atoms with van der Waals surface area (Å²) in [5, 5.41) is 3.08. The van der Waals surface area contributed by atoms with Gasteiger partial charge in [-0.15, -0.1) is 0 Å². The lowest BCUT2D eigenvalue weighted by molar-refractivity contribution is -0.143. The summed E-state index contributed by atoms with van der Waals surface area (Å²) >= 11 is 0. The zero-order chi connectivity index (χ0) is 19.5. The van der Waals surface area contributed by atoms with E-state index in [-0.39, 0.29) is 30.4 Å². The number of amides is 2. The maximum absolute atomic E-state index is 13.0. The Morgan fingerprint density at radius 2 is 1.86 bits per heavy atom. The third-order valence-corrected chi connectivity index (χ3v) is 6.54. The Morgan fingerprint density at radius 3 is 2.71 bits per heavy atom. The molecule has 3 aliphatic rings. The Balaban J connectivity index is 1.40. The summed E-state index contributed by atoms with van der Waals surface area (Å²) in [6, 6.07) is 8.76. The van der Waals surface area contributed by atoms with E-state index in [1.54, 1.807) is 4.90 Å². The Bertz CT molecular complexity index is 722. The molecule has 6 nitrogen and oxygen atoms in total. The van der Waals surface area contributed by atoms with E-state index in [2.05, 4.69) is 34.5 Å². The molecule has 3 aliphatic heterocycles. The van der Waals surface area contributed by atoms with E-state index >= 15 is 0 Å². The number of fused-ring (bicyclic) bond motifs is 1. The van der Waals surface area contributed by atoms with Gasteiger partial charge >= 0.3 is 0 Å². The number of aryl methyl sites for hydroxylation is 1. The first kappa shape index (κ1) is 19.2. The van der Waals surface area contributed by atoms with Crippen molar-refractivity contribution in [1.29, 1.82) is 0 Å². The number of nitrogens with one attached hydrogen (secondary N) is 1. The van der Waals surface area contributed by atoms with Crippen molar-refractivity contribution in [1.82, 2.24) is 15.1 Å². The number of hydrogen-bond donors (Lipinski definition) is 1. The number of nitrogens with zero attached hydrogens (tertiary/aromatic N) is 3. The molecular weight excluding hydrogens is 352 g/mol. The molecule has 4 rings (SSSR count). The molecule has 1 aromatic carbocycles. The third-order valence-electron chi connectivity index (χ3n) is 6.54. The van der Waals surface area contributed by atoms with Crippen molar-refractivity contribution in [3.8, 4) is 0 Å². The van der Waals surface area contributed by atoms with Crippen LogP contribution in [0.5, 0.6) is 0 Å². The zero-order valence-corrected chi connectivity index (χ0v) is 16.9. The minimum absolute atomic E-state index is 0.0720. The smallest absolute Gasteiger partial charge is 0.242 e. The molecule has 152 valence electrons. The van der Waals surface area contributed by atoms with E-state index in [0.29, 0.717) is 6.54 Å². The third kappa shape index (κ3) is 3.88. The van der Waals surface area contributed by atoms with Crippen LogP contribution < -0.4 is 10.2 Å². The quantitative estimate of drug-likeness (QED) is 0.839. The first-order valence-electron chi connectivity index (χ1n) is 10.8. The summed E-state index contributed by atoms with van der Waals surface area (Å²) in [4.78, 5) is 31.8. The molecule has 28 heavy (non-hydrogen) atoms. The van der Waals surface area contributed by atoms with Gasteiger partial charge in [0, 0.05) is 37.9 Å². The topological polar surface area (TPSA) is 55.9 Å². The number of anilines is 1. The largest absolute Gasteiger partial charge is 0.369 e. The molecule has 0 saturated carbocycles. The second-order valence-corrected chi connectivity index (χ2v) is 8.30. The molecule has 0 aliphatic carbocycles. The van der Waals surface area contributed by atoms with Crippen LogP contribution in [0.4, 0.5) is 5.69 Å². The van der Waals surface area contributed by atoms with Gasteiger partial charge in [0.05, 0.1) is 12.6 Å². The molecule has 1 unspecified atom stereocenters. The van der Waals surface area contributed by atoms with Crippen LogP contribution in [0.15, 0.2) is 24.3 Å². The van der Waals surface area contributed by atoms with Gasteiger partial charge in [-0.2, -0.15) is 0 Å². The van der Waals surface area contributed by atoms with Gasteiger partial charge in [0.1, 0.15) is 0 Å². The Morgan fingerprint density at radius 1 is 1.07 bits per heavy atom. The van der Waals surface area contributed by atoms with E-state index in [1.165, 1.54) is 17.7 Å². The van der Waals surface area contributed by atoms with Crippen molar-refractivity contribution in [2.24, 2.45) is 0 Å². The van der Waals surface area contributed by atoms with E-state index in [1.807, 2.05) is 11.9 Å². The lowest BCUT2D eigenvalue weighted by Crippen LogP contribution is -2.54. The molecule has 0 aromatic heterocycles. The van der Waals surface area contributed by atoms with E-state index in [0.717, 1.165) is 51.7 Å². The molecule has 2 fully saturated rings. The molecule has 0 radical (unpaired) electrons. The van der Waals surface area contributed by atoms with Crippen molar-refractivity contribution in [3.05, 3.63) is 29.8 Å². The van der Waals surface area contributed by atoms with Crippen LogP contribution in [0.3, 0.4) is 0 Å². The zero-order valence-electron chi connectivity index (χ0n) is 16.9. The van der Waals surface area contributed by atoms with Crippen LogP contribution in [-0.4, -0.2) is 73.5 Å². The molecule has 2 saturated heterocycles. The van der Waals surface area contributed by atoms with E-state index in [4.69, 9.17) is 0 Å². The SMILES string of the molecule is CN[C@H]1CCCN(CC(=O)N2CCCC2CN2CCCc3ccccc32)C1=O. The van der Waals surface area contributed by atoms with Crippen molar-refractivity contribution in [3.63, 3.8) is 0 Å². The van der Waals surface area contributed by atoms with E-state index in [9.17, 15) is 9.59 Å². The standard InChI is InChI=1S/C22H32N4O2/c1-23-19-10-6-13-25(22(19)28)16-21(27)26-14-5-9-18(26)15-24-12-4-8-17-7-2-3-11-20(17)24/h2-3,7,11,18-19,23H,4-6,8-10,12-16H2,1H3/t18?,19-/m0/s1. The molecule has 1 N–H and O–H groups in total. The lowest BCUT2D eigenvalue weighted by Gasteiger charge is -2.37. The highest BCUT2D eigenvalue weighted by Crippen LogP contribution is 2.29. The molecule has 0 bridgehead atoms. The maximum atomic E-state index is 13.0. The van der Waals surface area contributed by atoms with Crippen molar-refractivity contribution >= 4 is 17.5 Å². The van der Waals surface area contributed by atoms with Gasteiger partial charge in [-0.1, -0.05) is 18.2 Å². The van der Waals surface area contributed by atoms with Gasteiger partial charge in [0.15, 0.2) is 0 Å². The molecule has 1 aromatic rings. The summed E-state index contributed by atoms with van der Waals surface area (Å²) in [5.74, 6) is 0.181. The van der Waals surface area contributed by atoms with Crippen molar-refractivity contribution in [2.45, 2.75) is 50.6 Å². The molecule has 3 heterocycles. The fourth-order valence-electron chi connectivity index (χ4n) is 5.03. The number of likely N-dealkylation sites (N-methyl/N-ethyl adjacent to an activating group) is 1. The number of benzene rings is 1. The highest BCUT2D eigenvalue weighted by atomic mass is 16.2. The Kier molecular flexibility index (Phi) is 5.85. The molecule has 2 atom stereocenters. The number of carbonyl (C=O) groups excluding carboxylic acids is 2. The summed E-state index contributed by atoms with van der Waals surface area (Å²) < 4.78 is 0. The van der Waals surface area contributed by atoms with Gasteiger partial charge in [0.2, 0.25) is 11.8 Å². The average molecular weight is 385 g/mol. The van der Waals surface area contributed by atoms with Crippen LogP contribution in [0, 0.1) is 0 Å². The summed E-state index contributed by atoms with van der Waals surface area (Å²) in [6.45, 7) is 3.70. The van der Waals surface area contributed by atoms with Crippen LogP contribution >= 0.6 is 0 Å². The number of likely N-dealkylation sites (tertiary alicyclic amines) is 2. The first-order chi connectivity index (χ1) is 13.7. The molecule has 0 spiro atoms. The second kappa shape index (κ2) is 8.52. The number of rotatable bonds is 5. The van der Waals surface area contributed by atoms with Crippen molar-refractivity contribution in [2.75, 3.05) is 44.7 Å². The van der Waals surface area contributed by atoms with Gasteiger partial charge in [-0.05, 0) is 57.2 Å². The first-order valence-corrected chi connectivity index (χ1v) is 10.8. The predicted octanol–water partition coefficient (Wildman–Crippen LogP) is 1.64. The summed E-state index contributed by atoms with van der Waals surface area (Å²) in [6.07, 6.45) is 6.24. The average Bonchev–Trinajstić information content (AvgIpc) is 3.18. The highest BCUT2D eigenvalue weighted by Gasteiger charge is 2.34.